The number of aliphatic carboxylic acids is 1. The second kappa shape index (κ2) is 9.80. The number of ether oxygens (including phenoxy) is 1. The van der Waals surface area contributed by atoms with E-state index in [-0.39, 0.29) is 17.8 Å². The smallest absolute Gasteiger partial charge is 0.308 e. The third kappa shape index (κ3) is 6.49. The van der Waals surface area contributed by atoms with Gasteiger partial charge < -0.3 is 9.84 Å². The molecule has 3 atom stereocenters. The monoisotopic (exact) mass is 298 g/mol. The van der Waals surface area contributed by atoms with Gasteiger partial charge >= 0.3 is 11.9 Å². The number of carboxylic acid groups (broad SMARTS) is 1. The molecule has 1 saturated carbocycles. The molecular formula is C17H30O4. The van der Waals surface area contributed by atoms with Crippen molar-refractivity contribution < 1.29 is 19.4 Å². The Kier molecular flexibility index (Phi) is 8.40. The van der Waals surface area contributed by atoms with Crippen LogP contribution < -0.4 is 0 Å². The maximum absolute atomic E-state index is 12.0. The molecule has 4 heteroatoms. The van der Waals surface area contributed by atoms with Crippen molar-refractivity contribution in [3.8, 4) is 0 Å². The summed E-state index contributed by atoms with van der Waals surface area (Å²) in [7, 11) is 0. The predicted octanol–water partition coefficient (Wildman–Crippen LogP) is 4.03. The van der Waals surface area contributed by atoms with Gasteiger partial charge in [-0.05, 0) is 31.6 Å². The topological polar surface area (TPSA) is 63.6 Å². The quantitative estimate of drug-likeness (QED) is 0.653. The largest absolute Gasteiger partial charge is 0.481 e. The van der Waals surface area contributed by atoms with Gasteiger partial charge in [0.05, 0.1) is 18.4 Å². The normalized spacial score (nSPS) is 23.5. The summed E-state index contributed by atoms with van der Waals surface area (Å²) in [5, 5.41) is 9.05. The Morgan fingerprint density at radius 1 is 1.19 bits per heavy atom. The molecule has 122 valence electrons. The van der Waals surface area contributed by atoms with Crippen molar-refractivity contribution in [1.29, 1.82) is 0 Å². The molecule has 0 radical (unpaired) electrons. The first-order chi connectivity index (χ1) is 10.1. The lowest BCUT2D eigenvalue weighted by Crippen LogP contribution is -2.28. The van der Waals surface area contributed by atoms with E-state index in [9.17, 15) is 9.59 Å². The van der Waals surface area contributed by atoms with Gasteiger partial charge in [0.25, 0.3) is 0 Å². The lowest BCUT2D eigenvalue weighted by molar-refractivity contribution is -0.152. The highest BCUT2D eigenvalue weighted by Crippen LogP contribution is 2.30. The van der Waals surface area contributed by atoms with E-state index in [1.54, 1.807) is 0 Å². The lowest BCUT2D eigenvalue weighted by Gasteiger charge is -2.25. The number of unbranched alkanes of at least 4 members (excludes halogenated alkanes) is 1. The second-order valence-corrected chi connectivity index (χ2v) is 6.27. The third-order valence-corrected chi connectivity index (χ3v) is 4.67. The van der Waals surface area contributed by atoms with Gasteiger partial charge in [0.2, 0.25) is 0 Å². The number of carboxylic acids is 1. The number of esters is 1. The maximum Gasteiger partial charge on any atom is 0.308 e. The summed E-state index contributed by atoms with van der Waals surface area (Å²) in [6.07, 6.45) is 8.41. The second-order valence-electron chi connectivity index (χ2n) is 6.27. The average Bonchev–Trinajstić information content (AvgIpc) is 2.50. The van der Waals surface area contributed by atoms with Gasteiger partial charge in [-0.3, -0.25) is 9.59 Å². The predicted molar refractivity (Wildman–Crippen MR) is 82.0 cm³/mol. The summed E-state index contributed by atoms with van der Waals surface area (Å²) in [4.78, 5) is 23.0. The van der Waals surface area contributed by atoms with Crippen molar-refractivity contribution in [3.63, 3.8) is 0 Å². The van der Waals surface area contributed by atoms with Gasteiger partial charge in [-0.1, -0.05) is 46.0 Å². The van der Waals surface area contributed by atoms with Crippen molar-refractivity contribution in [2.24, 2.45) is 17.8 Å². The van der Waals surface area contributed by atoms with E-state index in [1.807, 2.05) is 0 Å². The fourth-order valence-corrected chi connectivity index (χ4v) is 3.12. The Bertz CT molecular complexity index is 327. The van der Waals surface area contributed by atoms with Crippen molar-refractivity contribution in [1.82, 2.24) is 0 Å². The first kappa shape index (κ1) is 18.0. The number of hydrogen-bond acceptors (Lipinski definition) is 3. The molecular weight excluding hydrogens is 268 g/mol. The molecule has 0 bridgehead atoms. The summed E-state index contributed by atoms with van der Waals surface area (Å²) in [5.41, 5.74) is 0. The molecule has 1 aliphatic carbocycles. The van der Waals surface area contributed by atoms with Gasteiger partial charge in [-0.25, -0.2) is 0 Å². The summed E-state index contributed by atoms with van der Waals surface area (Å²) >= 11 is 0. The van der Waals surface area contributed by atoms with Crippen LogP contribution in [-0.2, 0) is 14.3 Å². The van der Waals surface area contributed by atoms with E-state index >= 15 is 0 Å². The molecule has 1 rings (SSSR count). The average molecular weight is 298 g/mol. The summed E-state index contributed by atoms with van der Waals surface area (Å²) < 4.78 is 5.39. The van der Waals surface area contributed by atoms with Gasteiger partial charge in [-0.2, -0.15) is 0 Å². The van der Waals surface area contributed by atoms with Crippen molar-refractivity contribution in [2.75, 3.05) is 6.61 Å². The number of carbonyl (C=O) groups excluding carboxylic acids is 1. The van der Waals surface area contributed by atoms with Crippen LogP contribution in [0, 0.1) is 17.8 Å². The van der Waals surface area contributed by atoms with Crippen LogP contribution in [0.15, 0.2) is 0 Å². The van der Waals surface area contributed by atoms with E-state index in [2.05, 4.69) is 13.8 Å². The van der Waals surface area contributed by atoms with Crippen molar-refractivity contribution in [2.45, 2.75) is 71.6 Å². The number of hydrogen-bond donors (Lipinski definition) is 1. The van der Waals surface area contributed by atoms with Crippen LogP contribution in [0.5, 0.6) is 0 Å². The van der Waals surface area contributed by atoms with Crippen LogP contribution in [0.25, 0.3) is 0 Å². The molecule has 1 aliphatic rings. The minimum Gasteiger partial charge on any atom is -0.481 e. The molecule has 0 spiro atoms. The number of carbonyl (C=O) groups is 2. The lowest BCUT2D eigenvalue weighted by atomic mass is 9.81. The van der Waals surface area contributed by atoms with Gasteiger partial charge in [0.1, 0.15) is 0 Å². The first-order valence-electron chi connectivity index (χ1n) is 8.47. The third-order valence-electron chi connectivity index (χ3n) is 4.67. The molecule has 0 aromatic carbocycles. The zero-order valence-corrected chi connectivity index (χ0v) is 13.5. The molecule has 0 heterocycles. The molecule has 3 unspecified atom stereocenters. The summed E-state index contributed by atoms with van der Waals surface area (Å²) in [5.74, 6) is -0.917. The van der Waals surface area contributed by atoms with Crippen LogP contribution >= 0.6 is 0 Å². The molecule has 0 amide bonds. The minimum absolute atomic E-state index is 0.189. The Hall–Kier alpha value is -1.06. The molecule has 0 saturated heterocycles. The number of rotatable bonds is 9. The van der Waals surface area contributed by atoms with E-state index in [0.29, 0.717) is 25.4 Å². The van der Waals surface area contributed by atoms with Gasteiger partial charge in [-0.15, -0.1) is 0 Å². The van der Waals surface area contributed by atoms with E-state index in [0.717, 1.165) is 25.7 Å². The molecule has 1 fully saturated rings. The van der Waals surface area contributed by atoms with Gasteiger partial charge in [0.15, 0.2) is 0 Å². The Morgan fingerprint density at radius 2 is 1.90 bits per heavy atom. The SMILES string of the molecule is CCCCC(CC)CCOC(=O)C1CCCC(C(=O)O)C1. The van der Waals surface area contributed by atoms with E-state index in [4.69, 9.17) is 9.84 Å². The van der Waals surface area contributed by atoms with Crippen LogP contribution in [0.4, 0.5) is 0 Å². The van der Waals surface area contributed by atoms with Crippen LogP contribution in [0.2, 0.25) is 0 Å². The van der Waals surface area contributed by atoms with Crippen molar-refractivity contribution >= 4 is 11.9 Å². The summed E-state index contributed by atoms with van der Waals surface area (Å²) in [6.45, 7) is 4.85. The fourth-order valence-electron chi connectivity index (χ4n) is 3.12. The maximum atomic E-state index is 12.0. The van der Waals surface area contributed by atoms with E-state index < -0.39 is 5.97 Å². The highest BCUT2D eigenvalue weighted by molar-refractivity contribution is 5.75. The Balaban J connectivity index is 2.27. The standard InChI is InChI=1S/C17H30O4/c1-3-5-7-13(4-2)10-11-21-17(20)15-9-6-8-14(12-15)16(18)19/h13-15H,3-12H2,1-2H3,(H,18,19). The van der Waals surface area contributed by atoms with Crippen molar-refractivity contribution in [3.05, 3.63) is 0 Å². The highest BCUT2D eigenvalue weighted by atomic mass is 16.5. The highest BCUT2D eigenvalue weighted by Gasteiger charge is 2.31. The molecule has 0 aromatic rings. The molecule has 4 nitrogen and oxygen atoms in total. The van der Waals surface area contributed by atoms with Gasteiger partial charge in [0, 0.05) is 0 Å². The summed E-state index contributed by atoms with van der Waals surface area (Å²) in [6, 6.07) is 0. The molecule has 21 heavy (non-hydrogen) atoms. The van der Waals surface area contributed by atoms with Crippen LogP contribution in [-0.4, -0.2) is 23.7 Å². The fraction of sp³-hybridized carbons (Fsp3) is 0.882. The van der Waals surface area contributed by atoms with Crippen LogP contribution in [0.3, 0.4) is 0 Å². The Morgan fingerprint density at radius 3 is 2.52 bits per heavy atom. The zero-order chi connectivity index (χ0) is 15.7. The molecule has 0 aromatic heterocycles. The minimum atomic E-state index is -0.780. The Labute approximate surface area is 128 Å². The first-order valence-corrected chi connectivity index (χ1v) is 8.47. The molecule has 0 aliphatic heterocycles. The van der Waals surface area contributed by atoms with Crippen LogP contribution in [0.1, 0.15) is 71.6 Å². The zero-order valence-electron chi connectivity index (χ0n) is 13.5. The van der Waals surface area contributed by atoms with E-state index in [1.165, 1.54) is 19.3 Å². The molecule has 1 N–H and O–H groups in total.